The quantitative estimate of drug-likeness (QED) is 0.807. The Morgan fingerprint density at radius 1 is 1.47 bits per heavy atom. The van der Waals surface area contributed by atoms with Crippen LogP contribution in [0.3, 0.4) is 0 Å². The Balaban J connectivity index is 1.75. The molecule has 0 aromatic carbocycles. The van der Waals surface area contributed by atoms with Gasteiger partial charge in [0.1, 0.15) is 5.51 Å². The molecule has 0 unspecified atom stereocenters. The number of nitrogens with zero attached hydrogens (tertiary/aromatic N) is 3. The number of hydrogen-bond acceptors (Lipinski definition) is 5. The normalized spacial score (nSPS) is 12.7. The van der Waals surface area contributed by atoms with E-state index in [0.717, 1.165) is 20.4 Å². The van der Waals surface area contributed by atoms with E-state index < -0.39 is 0 Å². The second-order valence-corrected chi connectivity index (χ2v) is 6.34. The molecule has 5 nitrogen and oxygen atoms in total. The number of rotatable bonds is 3. The van der Waals surface area contributed by atoms with Gasteiger partial charge >= 0.3 is 0 Å². The van der Waals surface area contributed by atoms with E-state index in [0.29, 0.717) is 0 Å². The molecule has 3 heterocycles. The number of hydrogen-bond donors (Lipinski definition) is 1. The number of thiophene rings is 1. The van der Waals surface area contributed by atoms with Gasteiger partial charge in [-0.3, -0.25) is 4.79 Å². The highest BCUT2D eigenvalue weighted by atomic mass is 32.1. The first kappa shape index (κ1) is 12.3. The Morgan fingerprint density at radius 2 is 2.32 bits per heavy atom. The van der Waals surface area contributed by atoms with Crippen LogP contribution in [0, 0.1) is 6.92 Å². The lowest BCUT2D eigenvalue weighted by molar-refractivity contribution is 0.0943. The SMILES string of the molecule is Cc1ccc(C(=O)N[C@H](C)c2cn3ncsc3n2)s1. The molecule has 0 radical (unpaired) electrons. The van der Waals surface area contributed by atoms with Crippen LogP contribution in [0.5, 0.6) is 0 Å². The van der Waals surface area contributed by atoms with Crippen LogP contribution in [0.2, 0.25) is 0 Å². The summed E-state index contributed by atoms with van der Waals surface area (Å²) in [5, 5.41) is 7.07. The van der Waals surface area contributed by atoms with Gasteiger partial charge in [-0.1, -0.05) is 11.3 Å². The second-order valence-electron chi connectivity index (χ2n) is 4.24. The van der Waals surface area contributed by atoms with Crippen molar-refractivity contribution in [2.24, 2.45) is 0 Å². The maximum atomic E-state index is 12.0. The fourth-order valence-corrected chi connectivity index (χ4v) is 3.14. The van der Waals surface area contributed by atoms with Crippen molar-refractivity contribution < 1.29 is 4.79 Å². The third-order valence-corrected chi connectivity index (χ3v) is 4.45. The number of carbonyl (C=O) groups excluding carboxylic acids is 1. The zero-order valence-corrected chi connectivity index (χ0v) is 12.1. The molecule has 1 atom stereocenters. The Bertz CT molecular complexity index is 698. The molecule has 3 aromatic heterocycles. The van der Waals surface area contributed by atoms with Crippen molar-refractivity contribution in [1.29, 1.82) is 0 Å². The van der Waals surface area contributed by atoms with E-state index in [1.807, 2.05) is 32.2 Å². The molecule has 0 aliphatic rings. The largest absolute Gasteiger partial charge is 0.343 e. The lowest BCUT2D eigenvalue weighted by atomic mass is 10.2. The van der Waals surface area contributed by atoms with Crippen LogP contribution in [-0.4, -0.2) is 20.5 Å². The highest BCUT2D eigenvalue weighted by Crippen LogP contribution is 2.18. The van der Waals surface area contributed by atoms with E-state index in [2.05, 4.69) is 15.4 Å². The molecule has 3 aromatic rings. The summed E-state index contributed by atoms with van der Waals surface area (Å²) < 4.78 is 1.72. The highest BCUT2D eigenvalue weighted by molar-refractivity contribution is 7.14. The maximum absolute atomic E-state index is 12.0. The predicted molar refractivity (Wildman–Crippen MR) is 75.8 cm³/mol. The molecule has 0 saturated carbocycles. The molecule has 0 saturated heterocycles. The van der Waals surface area contributed by atoms with Gasteiger partial charge < -0.3 is 5.32 Å². The summed E-state index contributed by atoms with van der Waals surface area (Å²) in [5.41, 5.74) is 2.56. The van der Waals surface area contributed by atoms with Crippen LogP contribution in [0.25, 0.3) is 4.96 Å². The first-order valence-corrected chi connectivity index (χ1v) is 7.49. The average Bonchev–Trinajstić information content (AvgIpc) is 3.02. The molecule has 0 fully saturated rings. The van der Waals surface area contributed by atoms with Gasteiger partial charge in [-0.2, -0.15) is 5.10 Å². The number of nitrogens with one attached hydrogen (secondary N) is 1. The Morgan fingerprint density at radius 3 is 3.00 bits per heavy atom. The molecule has 19 heavy (non-hydrogen) atoms. The number of fused-ring (bicyclic) bond motifs is 1. The van der Waals surface area contributed by atoms with Gasteiger partial charge in [0, 0.05) is 4.88 Å². The standard InChI is InChI=1S/C12H12N4OS2/c1-7-3-4-10(19-7)11(17)14-8(2)9-5-16-12(15-9)18-6-13-16/h3-6,8H,1-2H3,(H,14,17)/t8-/m1/s1. The van der Waals surface area contributed by atoms with Gasteiger partial charge in [0.25, 0.3) is 5.91 Å². The third kappa shape index (κ3) is 2.39. The fourth-order valence-electron chi connectivity index (χ4n) is 1.76. The van der Waals surface area contributed by atoms with Crippen LogP contribution in [-0.2, 0) is 0 Å². The molecule has 0 aliphatic heterocycles. The summed E-state index contributed by atoms with van der Waals surface area (Å²) in [4.78, 5) is 19.2. The van der Waals surface area contributed by atoms with E-state index in [4.69, 9.17) is 0 Å². The average molecular weight is 292 g/mol. The van der Waals surface area contributed by atoms with E-state index in [9.17, 15) is 4.79 Å². The van der Waals surface area contributed by atoms with Gasteiger partial charge in [-0.05, 0) is 26.0 Å². The third-order valence-electron chi connectivity index (χ3n) is 2.76. The zero-order chi connectivity index (χ0) is 13.4. The molecule has 3 rings (SSSR count). The lowest BCUT2D eigenvalue weighted by Gasteiger charge is -2.10. The number of amides is 1. The molecular formula is C12H12N4OS2. The molecule has 1 N–H and O–H groups in total. The molecule has 1 amide bonds. The van der Waals surface area contributed by atoms with E-state index in [1.165, 1.54) is 22.7 Å². The molecule has 98 valence electrons. The summed E-state index contributed by atoms with van der Waals surface area (Å²) in [6.07, 6.45) is 1.84. The van der Waals surface area contributed by atoms with Gasteiger partial charge in [-0.25, -0.2) is 9.50 Å². The zero-order valence-electron chi connectivity index (χ0n) is 10.5. The van der Waals surface area contributed by atoms with Gasteiger partial charge in [0.15, 0.2) is 0 Å². The summed E-state index contributed by atoms with van der Waals surface area (Å²) in [6, 6.07) is 3.65. The number of aryl methyl sites for hydroxylation is 1. The van der Waals surface area contributed by atoms with Crippen LogP contribution in [0.15, 0.2) is 23.8 Å². The van der Waals surface area contributed by atoms with Crippen molar-refractivity contribution in [2.75, 3.05) is 0 Å². The summed E-state index contributed by atoms with van der Waals surface area (Å²) in [6.45, 7) is 3.91. The minimum atomic E-state index is -0.135. The summed E-state index contributed by atoms with van der Waals surface area (Å²) in [5.74, 6) is -0.0603. The predicted octanol–water partition coefficient (Wildman–Crippen LogP) is 2.65. The number of carbonyl (C=O) groups is 1. The number of imidazole rings is 1. The Hall–Kier alpha value is -1.73. The van der Waals surface area contributed by atoms with E-state index in [-0.39, 0.29) is 11.9 Å². The smallest absolute Gasteiger partial charge is 0.261 e. The molecular weight excluding hydrogens is 280 g/mol. The first-order valence-electron chi connectivity index (χ1n) is 5.79. The molecule has 0 aliphatic carbocycles. The van der Waals surface area contributed by atoms with Crippen molar-refractivity contribution in [3.63, 3.8) is 0 Å². The topological polar surface area (TPSA) is 59.3 Å². The van der Waals surface area contributed by atoms with Crippen molar-refractivity contribution in [2.45, 2.75) is 19.9 Å². The van der Waals surface area contributed by atoms with E-state index in [1.54, 1.807) is 10.0 Å². The lowest BCUT2D eigenvalue weighted by Crippen LogP contribution is -2.26. The monoisotopic (exact) mass is 292 g/mol. The highest BCUT2D eigenvalue weighted by Gasteiger charge is 2.16. The van der Waals surface area contributed by atoms with Crippen molar-refractivity contribution in [3.8, 4) is 0 Å². The summed E-state index contributed by atoms with van der Waals surface area (Å²) in [7, 11) is 0. The Labute approximate surface area is 117 Å². The fraction of sp³-hybridized carbons (Fsp3) is 0.250. The summed E-state index contributed by atoms with van der Waals surface area (Å²) >= 11 is 2.97. The van der Waals surface area contributed by atoms with Crippen molar-refractivity contribution >= 4 is 33.5 Å². The van der Waals surface area contributed by atoms with Crippen LogP contribution < -0.4 is 5.32 Å². The van der Waals surface area contributed by atoms with E-state index >= 15 is 0 Å². The van der Waals surface area contributed by atoms with Crippen LogP contribution >= 0.6 is 22.7 Å². The minimum Gasteiger partial charge on any atom is -0.343 e. The molecule has 0 spiro atoms. The molecule has 0 bridgehead atoms. The van der Waals surface area contributed by atoms with Gasteiger partial charge in [-0.15, -0.1) is 11.3 Å². The first-order chi connectivity index (χ1) is 9.13. The maximum Gasteiger partial charge on any atom is 0.261 e. The van der Waals surface area contributed by atoms with Gasteiger partial charge in [0.2, 0.25) is 4.96 Å². The number of aromatic nitrogens is 3. The minimum absolute atomic E-state index is 0.0603. The van der Waals surface area contributed by atoms with Crippen LogP contribution in [0.1, 0.15) is 33.2 Å². The van der Waals surface area contributed by atoms with Crippen molar-refractivity contribution in [1.82, 2.24) is 19.9 Å². The van der Waals surface area contributed by atoms with Crippen molar-refractivity contribution in [3.05, 3.63) is 39.3 Å². The van der Waals surface area contributed by atoms with Crippen LogP contribution in [0.4, 0.5) is 0 Å². The Kier molecular flexibility index (Phi) is 3.08. The van der Waals surface area contributed by atoms with Gasteiger partial charge in [0.05, 0.1) is 22.8 Å². The molecule has 7 heteroatoms. The second kappa shape index (κ2) is 4.75.